The lowest BCUT2D eigenvalue weighted by Gasteiger charge is -2.12. The zero-order valence-electron chi connectivity index (χ0n) is 34.0. The fourth-order valence-electron chi connectivity index (χ4n) is 9.84. The van der Waals surface area contributed by atoms with Gasteiger partial charge in [0.25, 0.3) is 0 Å². The Morgan fingerprint density at radius 3 is 1.91 bits per heavy atom. The molecular formula is C57H32N4O2S. The van der Waals surface area contributed by atoms with Crippen LogP contribution in [0.25, 0.3) is 137 Å². The second-order valence-electron chi connectivity index (χ2n) is 16.3. The molecular weight excluding hydrogens is 805 g/mol. The Bertz CT molecular complexity index is 4200. The highest BCUT2D eigenvalue weighted by atomic mass is 32.1. The van der Waals surface area contributed by atoms with Gasteiger partial charge >= 0.3 is 0 Å². The quantitative estimate of drug-likeness (QED) is 0.173. The van der Waals surface area contributed by atoms with Gasteiger partial charge in [-0.3, -0.25) is 0 Å². The lowest BCUT2D eigenvalue weighted by molar-refractivity contribution is 0.668. The van der Waals surface area contributed by atoms with Crippen LogP contribution in [0.3, 0.4) is 0 Å². The van der Waals surface area contributed by atoms with Crippen molar-refractivity contribution in [3.05, 3.63) is 194 Å². The molecule has 0 aliphatic carbocycles. The number of fused-ring (bicyclic) bond motifs is 13. The molecule has 9 aromatic carbocycles. The summed E-state index contributed by atoms with van der Waals surface area (Å²) in [6, 6.07) is 67.9. The van der Waals surface area contributed by atoms with E-state index in [1.807, 2.05) is 78.1 Å². The average molecular weight is 837 g/mol. The van der Waals surface area contributed by atoms with E-state index in [-0.39, 0.29) is 0 Å². The molecule has 0 saturated carbocycles. The Morgan fingerprint density at radius 2 is 1.02 bits per heavy atom. The number of hydrogen-bond acceptors (Lipinski definition) is 6. The molecule has 6 nitrogen and oxygen atoms in total. The summed E-state index contributed by atoms with van der Waals surface area (Å²) in [4.78, 5) is 15.5. The summed E-state index contributed by atoms with van der Waals surface area (Å²) in [5.41, 5.74) is 11.5. The highest BCUT2D eigenvalue weighted by Gasteiger charge is 2.23. The van der Waals surface area contributed by atoms with Crippen LogP contribution in [0, 0.1) is 0 Å². The van der Waals surface area contributed by atoms with Gasteiger partial charge in [0.05, 0.1) is 11.0 Å². The summed E-state index contributed by atoms with van der Waals surface area (Å²) in [5, 5.41) is 9.15. The van der Waals surface area contributed by atoms with Crippen molar-refractivity contribution >= 4 is 97.2 Å². The molecule has 298 valence electrons. The minimum absolute atomic E-state index is 0.560. The predicted octanol–water partition coefficient (Wildman–Crippen LogP) is 15.8. The number of para-hydroxylation sites is 3. The van der Waals surface area contributed by atoms with Crippen molar-refractivity contribution in [2.24, 2.45) is 0 Å². The minimum Gasteiger partial charge on any atom is -0.456 e. The number of furan rings is 2. The fraction of sp³-hybridized carbons (Fsp3) is 0. The van der Waals surface area contributed by atoms with Crippen molar-refractivity contribution in [1.82, 2.24) is 19.5 Å². The first kappa shape index (κ1) is 35.2. The third-order valence-corrected chi connectivity index (χ3v) is 13.8. The van der Waals surface area contributed by atoms with Gasteiger partial charge in [-0.2, -0.15) is 0 Å². The summed E-state index contributed by atoms with van der Waals surface area (Å²) in [5.74, 6) is 1.71. The summed E-state index contributed by atoms with van der Waals surface area (Å²) in [6.07, 6.45) is 0. The molecule has 0 atom stereocenters. The predicted molar refractivity (Wildman–Crippen MR) is 263 cm³/mol. The molecule has 0 amide bonds. The van der Waals surface area contributed by atoms with Crippen LogP contribution in [0.4, 0.5) is 0 Å². The number of thiophene rings is 1. The summed E-state index contributed by atoms with van der Waals surface area (Å²) in [6.45, 7) is 0. The van der Waals surface area contributed by atoms with Crippen molar-refractivity contribution in [3.63, 3.8) is 0 Å². The van der Waals surface area contributed by atoms with Crippen LogP contribution in [-0.2, 0) is 0 Å². The Kier molecular flexibility index (Phi) is 7.46. The van der Waals surface area contributed by atoms with E-state index in [1.54, 1.807) is 0 Å². The molecule has 14 aromatic rings. The normalized spacial score (nSPS) is 12.1. The van der Waals surface area contributed by atoms with Gasteiger partial charge in [0, 0.05) is 80.4 Å². The highest BCUT2D eigenvalue weighted by molar-refractivity contribution is 7.26. The van der Waals surface area contributed by atoms with Gasteiger partial charge < -0.3 is 13.4 Å². The van der Waals surface area contributed by atoms with Crippen LogP contribution in [-0.4, -0.2) is 19.5 Å². The Labute approximate surface area is 368 Å². The molecule has 0 radical (unpaired) electrons. The van der Waals surface area contributed by atoms with E-state index in [4.69, 9.17) is 23.8 Å². The van der Waals surface area contributed by atoms with Gasteiger partial charge in [0.2, 0.25) is 0 Å². The van der Waals surface area contributed by atoms with Crippen molar-refractivity contribution in [2.45, 2.75) is 0 Å². The molecule has 0 N–H and O–H groups in total. The third kappa shape index (κ3) is 5.22. The van der Waals surface area contributed by atoms with Crippen molar-refractivity contribution < 1.29 is 8.83 Å². The Morgan fingerprint density at radius 1 is 0.359 bits per heavy atom. The van der Waals surface area contributed by atoms with Crippen LogP contribution in [0.2, 0.25) is 0 Å². The summed E-state index contributed by atoms with van der Waals surface area (Å²) >= 11 is 1.86. The van der Waals surface area contributed by atoms with Crippen molar-refractivity contribution in [2.75, 3.05) is 0 Å². The SMILES string of the molecule is c1ccc(-c2nc(-c3ccc4c(c3)oc3ccccc34)nc(-c3cccc4oc5ccc(-c6cccc7c8c9c(ccc8n(-c8ccccc8)c67)sc6ccccc69)cc5c34)n2)cc1. The first-order valence-electron chi connectivity index (χ1n) is 21.3. The van der Waals surface area contributed by atoms with E-state index in [1.165, 1.54) is 36.5 Å². The van der Waals surface area contributed by atoms with Crippen molar-refractivity contribution in [1.29, 1.82) is 0 Å². The maximum atomic E-state index is 6.63. The maximum Gasteiger partial charge on any atom is 0.164 e. The zero-order chi connectivity index (χ0) is 41.9. The molecule has 0 spiro atoms. The highest BCUT2D eigenvalue weighted by Crippen LogP contribution is 2.46. The first-order valence-corrected chi connectivity index (χ1v) is 22.2. The minimum atomic E-state index is 0.560. The molecule has 0 bridgehead atoms. The van der Waals surface area contributed by atoms with Gasteiger partial charge in [-0.15, -0.1) is 11.3 Å². The van der Waals surface area contributed by atoms with E-state index < -0.39 is 0 Å². The molecule has 0 aliphatic heterocycles. The number of aromatic nitrogens is 4. The van der Waals surface area contributed by atoms with Crippen LogP contribution < -0.4 is 0 Å². The smallest absolute Gasteiger partial charge is 0.164 e. The lowest BCUT2D eigenvalue weighted by atomic mass is 9.98. The van der Waals surface area contributed by atoms with Crippen LogP contribution >= 0.6 is 11.3 Å². The van der Waals surface area contributed by atoms with Gasteiger partial charge in [0.1, 0.15) is 22.3 Å². The van der Waals surface area contributed by atoms with Gasteiger partial charge in [-0.1, -0.05) is 127 Å². The molecule has 0 fully saturated rings. The Balaban J connectivity index is 1.00. The second-order valence-corrected chi connectivity index (χ2v) is 17.4. The molecule has 0 aliphatic rings. The third-order valence-electron chi connectivity index (χ3n) is 12.7. The van der Waals surface area contributed by atoms with Crippen LogP contribution in [0.5, 0.6) is 0 Å². The molecule has 14 rings (SSSR count). The fourth-order valence-corrected chi connectivity index (χ4v) is 11.0. The van der Waals surface area contributed by atoms with E-state index in [0.29, 0.717) is 17.5 Å². The topological polar surface area (TPSA) is 69.9 Å². The largest absolute Gasteiger partial charge is 0.456 e. The van der Waals surface area contributed by atoms with E-state index in [9.17, 15) is 0 Å². The second kappa shape index (κ2) is 13.6. The van der Waals surface area contributed by atoms with E-state index >= 15 is 0 Å². The van der Waals surface area contributed by atoms with Crippen LogP contribution in [0.15, 0.2) is 203 Å². The first-order chi connectivity index (χ1) is 31.7. The molecule has 64 heavy (non-hydrogen) atoms. The number of rotatable bonds is 5. The van der Waals surface area contributed by atoms with Gasteiger partial charge in [0.15, 0.2) is 17.5 Å². The van der Waals surface area contributed by atoms with Gasteiger partial charge in [-0.05, 0) is 72.3 Å². The average Bonchev–Trinajstić information content (AvgIpc) is 4.12. The molecule has 5 aromatic heterocycles. The summed E-state index contributed by atoms with van der Waals surface area (Å²) < 4.78 is 18.0. The van der Waals surface area contributed by atoms with E-state index in [2.05, 4.69) is 132 Å². The number of nitrogens with zero attached hydrogens (tertiary/aromatic N) is 4. The standard InChI is InChI=1S/C57H32N4O2S/c1-3-13-33(14-4-1)55-58-56(35-25-27-39-38-17-7-9-22-45(38)63-48(39)32-35)60-57(59-55)42-21-12-23-47-51(42)43-31-34(26-29-46(43)62-47)37-19-11-20-41-52-44(61(54(37)41)36-15-5-2-6-16-36)28-30-50-53(52)40-18-8-10-24-49(40)64-50/h1-32H. The number of hydrogen-bond donors (Lipinski definition) is 0. The van der Waals surface area contributed by atoms with E-state index in [0.717, 1.165) is 82.9 Å². The summed E-state index contributed by atoms with van der Waals surface area (Å²) in [7, 11) is 0. The van der Waals surface area contributed by atoms with Crippen LogP contribution in [0.1, 0.15) is 0 Å². The molecule has 0 saturated heterocycles. The zero-order valence-corrected chi connectivity index (χ0v) is 34.8. The Hall–Kier alpha value is -8.39. The maximum absolute atomic E-state index is 6.63. The van der Waals surface area contributed by atoms with Gasteiger partial charge in [-0.25, -0.2) is 15.0 Å². The van der Waals surface area contributed by atoms with Crippen molar-refractivity contribution in [3.8, 4) is 51.0 Å². The molecule has 0 unspecified atom stereocenters. The lowest BCUT2D eigenvalue weighted by Crippen LogP contribution is -2.00. The molecule has 5 heterocycles. The molecule has 7 heteroatoms. The monoisotopic (exact) mass is 836 g/mol. The number of benzene rings is 9.